The number of carbonyl (C=O) groups is 1. The van der Waals surface area contributed by atoms with Gasteiger partial charge in [-0.1, -0.05) is 0 Å². The number of fused-ring (bicyclic) bond motifs is 1. The van der Waals surface area contributed by atoms with Crippen LogP contribution >= 0.6 is 24.0 Å². The fourth-order valence-corrected chi connectivity index (χ4v) is 2.60. The average molecular weight is 208 g/mol. The molecular weight excluding hydrogens is 200 g/mol. The van der Waals surface area contributed by atoms with E-state index in [0.29, 0.717) is 0 Å². The van der Waals surface area contributed by atoms with Crippen LogP contribution in [-0.2, 0) is 0 Å². The summed E-state index contributed by atoms with van der Waals surface area (Å²) >= 11 is 5.87. The molecule has 0 fully saturated rings. The van der Waals surface area contributed by atoms with Crippen molar-refractivity contribution >= 4 is 40.3 Å². The molecule has 0 unspecified atom stereocenters. The Hall–Kier alpha value is -0.800. The summed E-state index contributed by atoms with van der Waals surface area (Å²) in [7, 11) is 0. The minimum absolute atomic E-state index is 0.766. The molecule has 0 aliphatic heterocycles. The van der Waals surface area contributed by atoms with Gasteiger partial charge in [0.05, 0.1) is 4.21 Å². The Kier molecular flexibility index (Phi) is 2.14. The summed E-state index contributed by atoms with van der Waals surface area (Å²) in [5.74, 6) is 0. The van der Waals surface area contributed by atoms with Crippen LogP contribution in [-0.4, -0.2) is 6.29 Å². The quantitative estimate of drug-likeness (QED) is 0.562. The molecule has 0 saturated carbocycles. The zero-order chi connectivity index (χ0) is 9.42. The molecular formula is C10H8OS2. The van der Waals surface area contributed by atoms with E-state index >= 15 is 0 Å². The first-order chi connectivity index (χ1) is 6.20. The lowest BCUT2D eigenvalue weighted by atomic mass is 10.1. The molecule has 1 aromatic carbocycles. The molecule has 0 bridgehead atoms. The van der Waals surface area contributed by atoms with E-state index in [1.165, 1.54) is 0 Å². The maximum absolute atomic E-state index is 10.7. The second-order valence-corrected chi connectivity index (χ2v) is 4.82. The number of carbonyl (C=O) groups excluding carboxylic acids is 1. The molecule has 13 heavy (non-hydrogen) atoms. The van der Waals surface area contributed by atoms with Gasteiger partial charge in [-0.2, -0.15) is 0 Å². The fraction of sp³-hybridized carbons (Fsp3) is 0.100. The Labute approximate surface area is 85.8 Å². The van der Waals surface area contributed by atoms with Crippen LogP contribution in [0.3, 0.4) is 0 Å². The van der Waals surface area contributed by atoms with Gasteiger partial charge >= 0.3 is 0 Å². The molecule has 66 valence electrons. The number of aryl methyl sites for hydroxylation is 1. The maximum Gasteiger partial charge on any atom is 0.150 e. The van der Waals surface area contributed by atoms with Crippen molar-refractivity contribution in [2.24, 2.45) is 0 Å². The number of aldehydes is 1. The van der Waals surface area contributed by atoms with E-state index in [4.69, 9.17) is 0 Å². The SMILES string of the molecule is Cc1cc2cc(S)sc2cc1C=O. The number of benzene rings is 1. The second-order valence-electron chi connectivity index (χ2n) is 2.95. The molecule has 0 spiro atoms. The summed E-state index contributed by atoms with van der Waals surface area (Å²) < 4.78 is 2.11. The zero-order valence-electron chi connectivity index (χ0n) is 7.07. The van der Waals surface area contributed by atoms with Gasteiger partial charge in [0.15, 0.2) is 0 Å². The number of rotatable bonds is 1. The van der Waals surface area contributed by atoms with E-state index in [9.17, 15) is 4.79 Å². The third-order valence-electron chi connectivity index (χ3n) is 2.02. The lowest BCUT2D eigenvalue weighted by Gasteiger charge is -1.97. The van der Waals surface area contributed by atoms with Crippen molar-refractivity contribution in [3.05, 3.63) is 29.3 Å². The summed E-state index contributed by atoms with van der Waals surface area (Å²) in [4.78, 5) is 10.7. The summed E-state index contributed by atoms with van der Waals surface area (Å²) in [5.41, 5.74) is 1.79. The van der Waals surface area contributed by atoms with Crippen molar-refractivity contribution in [1.82, 2.24) is 0 Å². The summed E-state index contributed by atoms with van der Waals surface area (Å²) in [6.07, 6.45) is 0.896. The molecule has 0 aliphatic rings. The number of hydrogen-bond donors (Lipinski definition) is 1. The van der Waals surface area contributed by atoms with Crippen molar-refractivity contribution in [2.75, 3.05) is 0 Å². The van der Waals surface area contributed by atoms with E-state index in [2.05, 4.69) is 12.6 Å². The van der Waals surface area contributed by atoms with Gasteiger partial charge in [-0.15, -0.1) is 24.0 Å². The van der Waals surface area contributed by atoms with Crippen LogP contribution in [0.1, 0.15) is 15.9 Å². The molecule has 0 radical (unpaired) electrons. The molecule has 1 nitrogen and oxygen atoms in total. The second kappa shape index (κ2) is 3.16. The number of thiol groups is 1. The van der Waals surface area contributed by atoms with Gasteiger partial charge < -0.3 is 0 Å². The summed E-state index contributed by atoms with van der Waals surface area (Å²) in [5, 5.41) is 1.16. The fourth-order valence-electron chi connectivity index (χ4n) is 1.33. The topological polar surface area (TPSA) is 17.1 Å². The molecule has 2 rings (SSSR count). The van der Waals surface area contributed by atoms with Crippen LogP contribution in [0.25, 0.3) is 10.1 Å². The van der Waals surface area contributed by atoms with Crippen molar-refractivity contribution in [2.45, 2.75) is 11.1 Å². The van der Waals surface area contributed by atoms with Crippen LogP contribution in [0.5, 0.6) is 0 Å². The number of hydrogen-bond acceptors (Lipinski definition) is 3. The minimum Gasteiger partial charge on any atom is -0.298 e. The highest BCUT2D eigenvalue weighted by atomic mass is 32.2. The van der Waals surface area contributed by atoms with E-state index in [1.807, 2.05) is 25.1 Å². The molecule has 0 amide bonds. The van der Waals surface area contributed by atoms with Crippen LogP contribution in [0.2, 0.25) is 0 Å². The lowest BCUT2D eigenvalue weighted by molar-refractivity contribution is 0.112. The Morgan fingerprint density at radius 2 is 2.15 bits per heavy atom. The van der Waals surface area contributed by atoms with Gasteiger partial charge in [0.25, 0.3) is 0 Å². The number of thiophene rings is 1. The van der Waals surface area contributed by atoms with E-state index < -0.39 is 0 Å². The highest BCUT2D eigenvalue weighted by molar-refractivity contribution is 7.83. The predicted octanol–water partition coefficient (Wildman–Crippen LogP) is 3.31. The van der Waals surface area contributed by atoms with Crippen molar-refractivity contribution in [1.29, 1.82) is 0 Å². The van der Waals surface area contributed by atoms with Crippen molar-refractivity contribution in [3.63, 3.8) is 0 Å². The predicted molar refractivity (Wildman–Crippen MR) is 59.2 cm³/mol. The van der Waals surface area contributed by atoms with Gasteiger partial charge in [-0.3, -0.25) is 4.79 Å². The largest absolute Gasteiger partial charge is 0.298 e. The Morgan fingerprint density at radius 1 is 1.38 bits per heavy atom. The van der Waals surface area contributed by atoms with Crippen molar-refractivity contribution < 1.29 is 4.79 Å². The van der Waals surface area contributed by atoms with Crippen LogP contribution in [0.15, 0.2) is 22.4 Å². The molecule has 0 atom stereocenters. The third kappa shape index (κ3) is 1.49. The summed E-state index contributed by atoms with van der Waals surface area (Å²) in [6.45, 7) is 1.94. The van der Waals surface area contributed by atoms with Gasteiger partial charge in [0.2, 0.25) is 0 Å². The molecule has 1 heterocycles. The molecule has 0 aliphatic carbocycles. The Balaban J connectivity index is 2.79. The first kappa shape index (κ1) is 8.78. The van der Waals surface area contributed by atoms with Gasteiger partial charge in [0, 0.05) is 10.3 Å². The smallest absolute Gasteiger partial charge is 0.150 e. The van der Waals surface area contributed by atoms with E-state index in [0.717, 1.165) is 31.7 Å². The normalized spacial score (nSPS) is 10.6. The van der Waals surface area contributed by atoms with Crippen molar-refractivity contribution in [3.8, 4) is 0 Å². The van der Waals surface area contributed by atoms with Gasteiger partial charge in [-0.25, -0.2) is 0 Å². The Morgan fingerprint density at radius 3 is 2.85 bits per heavy atom. The first-order valence-corrected chi connectivity index (χ1v) is 5.15. The molecule has 0 saturated heterocycles. The third-order valence-corrected chi connectivity index (χ3v) is 3.32. The zero-order valence-corrected chi connectivity index (χ0v) is 8.78. The van der Waals surface area contributed by atoms with Crippen LogP contribution in [0.4, 0.5) is 0 Å². The molecule has 3 heteroatoms. The highest BCUT2D eigenvalue weighted by Gasteiger charge is 2.03. The van der Waals surface area contributed by atoms with Gasteiger partial charge in [-0.05, 0) is 36.1 Å². The lowest BCUT2D eigenvalue weighted by Crippen LogP contribution is -1.83. The van der Waals surface area contributed by atoms with E-state index in [-0.39, 0.29) is 0 Å². The highest BCUT2D eigenvalue weighted by Crippen LogP contribution is 2.29. The monoisotopic (exact) mass is 208 g/mol. The first-order valence-electron chi connectivity index (χ1n) is 3.89. The van der Waals surface area contributed by atoms with Crippen LogP contribution < -0.4 is 0 Å². The maximum atomic E-state index is 10.7. The summed E-state index contributed by atoms with van der Waals surface area (Å²) in [6, 6.07) is 5.96. The standard InChI is InChI=1S/C10H8OS2/c1-6-2-7-4-10(12)13-9(7)3-8(6)5-11/h2-5,12H,1H3. The molecule has 0 N–H and O–H groups in total. The van der Waals surface area contributed by atoms with Crippen LogP contribution in [0, 0.1) is 6.92 Å². The van der Waals surface area contributed by atoms with Gasteiger partial charge in [0.1, 0.15) is 6.29 Å². The van der Waals surface area contributed by atoms with E-state index in [1.54, 1.807) is 11.3 Å². The minimum atomic E-state index is 0.766. The Bertz CT molecular complexity index is 471. The molecule has 1 aromatic heterocycles. The molecule has 2 aromatic rings. The average Bonchev–Trinajstić information content (AvgIpc) is 2.42.